The molecule has 9 aromatic carbocycles. The lowest BCUT2D eigenvalue weighted by Gasteiger charge is -2.26. The Balaban J connectivity index is 1.04. The maximum absolute atomic E-state index is 6.90. The molecule has 11 aromatic rings. The Morgan fingerprint density at radius 1 is 0.250 bits per heavy atom. The lowest BCUT2D eigenvalue weighted by molar-refractivity contribution is 0.637. The Labute approximate surface area is 349 Å². The number of hydrogen-bond donors (Lipinski definition) is 0. The number of anilines is 6. The topological polar surface area (TPSA) is 32.8 Å². The molecule has 0 spiro atoms. The summed E-state index contributed by atoms with van der Waals surface area (Å²) in [7, 11) is 0. The zero-order valence-electron chi connectivity index (χ0n) is 34.7. The van der Waals surface area contributed by atoms with Crippen molar-refractivity contribution in [1.82, 2.24) is 0 Å². The van der Waals surface area contributed by atoms with Gasteiger partial charge in [-0.05, 0) is 184 Å². The molecule has 4 nitrogen and oxygen atoms in total. The van der Waals surface area contributed by atoms with E-state index < -0.39 is 0 Å². The molecule has 2 heterocycles. The highest BCUT2D eigenvalue weighted by molar-refractivity contribution is 6.24. The fourth-order valence-electron chi connectivity index (χ4n) is 9.33. The summed E-state index contributed by atoms with van der Waals surface area (Å²) in [6.45, 7) is 12.9. The van der Waals surface area contributed by atoms with Crippen LogP contribution >= 0.6 is 0 Å². The SMILES string of the molecule is Cc1ccc(N(c2cc(C)cc(C)c2)c2ccc3c(ccc4c5ccc6c7ccc8cc(N(c9ccc(C)cc9)c9cc(C)cc(C)c9)ccc8c7oc6c5oc34)c2)cc1. The molecule has 11 rings (SSSR count). The van der Waals surface area contributed by atoms with Crippen molar-refractivity contribution in [3.05, 3.63) is 191 Å². The molecule has 0 atom stereocenters. The van der Waals surface area contributed by atoms with E-state index in [2.05, 4.69) is 209 Å². The number of nitrogens with zero attached hydrogens (tertiary/aromatic N) is 2. The highest BCUT2D eigenvalue weighted by atomic mass is 16.4. The van der Waals surface area contributed by atoms with E-state index in [9.17, 15) is 0 Å². The quantitative estimate of drug-likeness (QED) is 0.168. The first kappa shape index (κ1) is 35.8. The third-order valence-corrected chi connectivity index (χ3v) is 12.0. The fraction of sp³-hybridized carbons (Fsp3) is 0.107. The van der Waals surface area contributed by atoms with E-state index in [0.29, 0.717) is 0 Å². The van der Waals surface area contributed by atoms with Gasteiger partial charge in [0.1, 0.15) is 11.2 Å². The van der Waals surface area contributed by atoms with E-state index >= 15 is 0 Å². The van der Waals surface area contributed by atoms with Crippen molar-refractivity contribution in [2.24, 2.45) is 0 Å². The predicted molar refractivity (Wildman–Crippen MR) is 254 cm³/mol. The average molecular weight is 777 g/mol. The van der Waals surface area contributed by atoms with Gasteiger partial charge >= 0.3 is 0 Å². The molecule has 0 aliphatic rings. The molecule has 0 fully saturated rings. The van der Waals surface area contributed by atoms with Crippen LogP contribution in [-0.4, -0.2) is 0 Å². The van der Waals surface area contributed by atoms with Gasteiger partial charge in [0.25, 0.3) is 0 Å². The number of aryl methyl sites for hydroxylation is 6. The van der Waals surface area contributed by atoms with Crippen molar-refractivity contribution >= 4 is 99.5 Å². The molecule has 0 amide bonds. The summed E-state index contributed by atoms with van der Waals surface area (Å²) < 4.78 is 13.8. The van der Waals surface area contributed by atoms with Gasteiger partial charge in [-0.3, -0.25) is 0 Å². The zero-order valence-corrected chi connectivity index (χ0v) is 34.7. The van der Waals surface area contributed by atoms with E-state index in [0.717, 1.165) is 99.5 Å². The molecule has 0 saturated heterocycles. The van der Waals surface area contributed by atoms with Crippen molar-refractivity contribution in [1.29, 1.82) is 0 Å². The first-order valence-corrected chi connectivity index (χ1v) is 20.7. The molecular formula is C56H44N2O2. The highest BCUT2D eigenvalue weighted by Gasteiger charge is 2.21. The van der Waals surface area contributed by atoms with Crippen molar-refractivity contribution in [2.75, 3.05) is 9.80 Å². The van der Waals surface area contributed by atoms with E-state index in [1.165, 1.54) is 33.4 Å². The van der Waals surface area contributed by atoms with E-state index in [1.807, 2.05) is 0 Å². The smallest absolute Gasteiger partial charge is 0.178 e. The normalized spacial score (nSPS) is 11.8. The van der Waals surface area contributed by atoms with Gasteiger partial charge in [0, 0.05) is 66.4 Å². The van der Waals surface area contributed by atoms with Gasteiger partial charge in [0.05, 0.1) is 0 Å². The van der Waals surface area contributed by atoms with Crippen LogP contribution in [0.25, 0.3) is 65.4 Å². The van der Waals surface area contributed by atoms with Crippen LogP contribution in [0.2, 0.25) is 0 Å². The minimum atomic E-state index is 0.775. The van der Waals surface area contributed by atoms with Gasteiger partial charge in [-0.25, -0.2) is 0 Å². The lowest BCUT2D eigenvalue weighted by Crippen LogP contribution is -2.10. The standard InChI is InChI=1S/C56H44N2O2/c1-33-7-13-41(14-8-33)57(45-27-35(3)25-36(4)28-45)43-17-21-47-39(31-43)11-19-49-51-23-24-52-50-20-12-40-32-44(18-22-48(40)54(50)60-56(52)55(51)59-53(47)49)58(42-15-9-34(2)10-16-42)46-29-37(5)26-38(6)30-46/h7-32H,1-6H3. The average Bonchev–Trinajstić information content (AvgIpc) is 3.81. The van der Waals surface area contributed by atoms with Crippen LogP contribution < -0.4 is 9.80 Å². The number of fused-ring (bicyclic) bond motifs is 11. The summed E-state index contributed by atoms with van der Waals surface area (Å²) in [6, 6.07) is 57.6. The van der Waals surface area contributed by atoms with Gasteiger partial charge < -0.3 is 18.6 Å². The molecule has 0 aliphatic carbocycles. The second kappa shape index (κ2) is 13.6. The van der Waals surface area contributed by atoms with Crippen LogP contribution in [0.5, 0.6) is 0 Å². The number of rotatable bonds is 6. The second-order valence-corrected chi connectivity index (χ2v) is 16.8. The summed E-state index contributed by atoms with van der Waals surface area (Å²) in [4.78, 5) is 4.69. The Hall–Kier alpha value is -7.30. The third kappa shape index (κ3) is 5.90. The maximum Gasteiger partial charge on any atom is 0.178 e. The van der Waals surface area contributed by atoms with Crippen LogP contribution in [0.3, 0.4) is 0 Å². The van der Waals surface area contributed by atoms with Crippen LogP contribution in [0.15, 0.2) is 167 Å². The first-order chi connectivity index (χ1) is 29.1. The minimum Gasteiger partial charge on any atom is -0.451 e. The molecule has 0 unspecified atom stereocenters. The Kier molecular flexibility index (Phi) is 8.15. The zero-order chi connectivity index (χ0) is 40.8. The van der Waals surface area contributed by atoms with Gasteiger partial charge in [0.15, 0.2) is 11.2 Å². The van der Waals surface area contributed by atoms with Crippen LogP contribution in [0, 0.1) is 41.5 Å². The van der Waals surface area contributed by atoms with E-state index in [4.69, 9.17) is 8.83 Å². The van der Waals surface area contributed by atoms with Gasteiger partial charge in [-0.2, -0.15) is 0 Å². The molecule has 0 aliphatic heterocycles. The molecule has 4 heteroatoms. The summed E-state index contributed by atoms with van der Waals surface area (Å²) in [5, 5.41) is 8.62. The molecule has 0 N–H and O–H groups in total. The maximum atomic E-state index is 6.90. The largest absolute Gasteiger partial charge is 0.451 e. The number of furan rings is 2. The molecule has 0 bridgehead atoms. The second-order valence-electron chi connectivity index (χ2n) is 16.8. The predicted octanol–water partition coefficient (Wildman–Crippen LogP) is 16.6. The molecule has 290 valence electrons. The number of benzene rings is 9. The minimum absolute atomic E-state index is 0.775. The van der Waals surface area contributed by atoms with Crippen molar-refractivity contribution in [3.8, 4) is 0 Å². The molecule has 0 radical (unpaired) electrons. The van der Waals surface area contributed by atoms with Crippen molar-refractivity contribution in [2.45, 2.75) is 41.5 Å². The van der Waals surface area contributed by atoms with Gasteiger partial charge in [0.2, 0.25) is 0 Å². The van der Waals surface area contributed by atoms with Crippen LogP contribution in [-0.2, 0) is 0 Å². The summed E-state index contributed by atoms with van der Waals surface area (Å²) >= 11 is 0. The molecular weight excluding hydrogens is 733 g/mol. The Bertz CT molecular complexity index is 3220. The fourth-order valence-corrected chi connectivity index (χ4v) is 9.33. The first-order valence-electron chi connectivity index (χ1n) is 20.7. The lowest BCUT2D eigenvalue weighted by atomic mass is 10.0. The Morgan fingerprint density at radius 3 is 0.950 bits per heavy atom. The highest BCUT2D eigenvalue weighted by Crippen LogP contribution is 2.45. The molecule has 0 saturated carbocycles. The number of hydrogen-bond acceptors (Lipinski definition) is 4. The monoisotopic (exact) mass is 776 g/mol. The van der Waals surface area contributed by atoms with Crippen molar-refractivity contribution in [3.63, 3.8) is 0 Å². The molecule has 2 aromatic heterocycles. The van der Waals surface area contributed by atoms with Gasteiger partial charge in [-0.1, -0.05) is 59.7 Å². The van der Waals surface area contributed by atoms with Crippen LogP contribution in [0.1, 0.15) is 33.4 Å². The summed E-state index contributed by atoms with van der Waals surface area (Å²) in [5.41, 5.74) is 17.4. The summed E-state index contributed by atoms with van der Waals surface area (Å²) in [5.74, 6) is 0. The summed E-state index contributed by atoms with van der Waals surface area (Å²) in [6.07, 6.45) is 0. The Morgan fingerprint density at radius 2 is 0.567 bits per heavy atom. The molecule has 60 heavy (non-hydrogen) atoms. The van der Waals surface area contributed by atoms with Crippen molar-refractivity contribution < 1.29 is 8.83 Å². The third-order valence-electron chi connectivity index (χ3n) is 12.0. The van der Waals surface area contributed by atoms with E-state index in [1.54, 1.807) is 0 Å². The van der Waals surface area contributed by atoms with Gasteiger partial charge in [-0.15, -0.1) is 0 Å². The van der Waals surface area contributed by atoms with Crippen LogP contribution in [0.4, 0.5) is 34.1 Å². The van der Waals surface area contributed by atoms with E-state index in [-0.39, 0.29) is 0 Å².